The van der Waals surface area contributed by atoms with E-state index in [1.807, 2.05) is 36.4 Å². The van der Waals surface area contributed by atoms with Crippen LogP contribution < -0.4 is 0 Å². The molecule has 0 amide bonds. The van der Waals surface area contributed by atoms with Crippen molar-refractivity contribution in [3.05, 3.63) is 66.1 Å². The van der Waals surface area contributed by atoms with E-state index in [1.54, 1.807) is 5.41 Å². The van der Waals surface area contributed by atoms with Crippen molar-refractivity contribution in [2.24, 2.45) is 4.99 Å². The van der Waals surface area contributed by atoms with E-state index in [0.29, 0.717) is 13.0 Å². The number of hydrogen-bond donors (Lipinski definition) is 0. The Kier molecular flexibility index (Phi) is 5.21. The van der Waals surface area contributed by atoms with Crippen LogP contribution in [-0.4, -0.2) is 16.3 Å². The van der Waals surface area contributed by atoms with Crippen molar-refractivity contribution in [2.45, 2.75) is 11.3 Å². The third kappa shape index (κ3) is 3.87. The minimum atomic E-state index is -1.15. The lowest BCUT2D eigenvalue weighted by molar-refractivity contribution is 0.603. The second-order valence-corrected chi connectivity index (χ2v) is 6.66. The number of thiocarbonyl (C=S) groups is 1. The molecule has 0 spiro atoms. The highest BCUT2D eigenvalue weighted by molar-refractivity contribution is 7.94. The quantitative estimate of drug-likeness (QED) is 0.213. The van der Waals surface area contributed by atoms with Gasteiger partial charge in [0, 0.05) is 17.2 Å². The van der Waals surface area contributed by atoms with Crippen molar-refractivity contribution in [2.75, 3.05) is 6.54 Å². The van der Waals surface area contributed by atoms with Gasteiger partial charge in [0.05, 0.1) is 11.7 Å². The number of fused-ring (bicyclic) bond motifs is 2. The Bertz CT molecular complexity index is 914. The van der Waals surface area contributed by atoms with E-state index in [0.717, 1.165) is 15.7 Å². The van der Waals surface area contributed by atoms with Crippen LogP contribution in [0.4, 0.5) is 0 Å². The molecule has 0 aliphatic heterocycles. The zero-order valence-electron chi connectivity index (χ0n) is 12.4. The summed E-state index contributed by atoms with van der Waals surface area (Å²) in [4.78, 5) is 4.63. The monoisotopic (exact) mass is 337 g/mol. The summed E-state index contributed by atoms with van der Waals surface area (Å²) < 4.78 is 12.3. The summed E-state index contributed by atoms with van der Waals surface area (Å²) in [6, 6.07) is 18.5. The average molecular weight is 337 g/mol. The number of rotatable bonds is 5. The summed E-state index contributed by atoms with van der Waals surface area (Å²) in [5, 5.41) is 8.70. The summed E-state index contributed by atoms with van der Waals surface area (Å²) in [6.45, 7) is 0.584. The molecule has 1 atom stereocenters. The highest BCUT2D eigenvalue weighted by Crippen LogP contribution is 2.25. The van der Waals surface area contributed by atoms with Gasteiger partial charge in [-0.1, -0.05) is 24.3 Å². The molecule has 0 aliphatic carbocycles. The smallest absolute Gasteiger partial charge is 0.158 e. The number of isothiocyanates is 1. The fourth-order valence-electron chi connectivity index (χ4n) is 2.46. The van der Waals surface area contributed by atoms with E-state index < -0.39 is 11.2 Å². The molecule has 3 rings (SSSR count). The van der Waals surface area contributed by atoms with Gasteiger partial charge in [0.15, 0.2) is 4.90 Å². The van der Waals surface area contributed by atoms with Crippen LogP contribution in [0, 0.1) is 0 Å². The maximum atomic E-state index is 12.3. The molecule has 0 N–H and O–H groups in total. The second kappa shape index (κ2) is 7.53. The Morgan fingerprint density at radius 3 is 2.43 bits per heavy atom. The van der Waals surface area contributed by atoms with Gasteiger partial charge in [-0.15, -0.1) is 0 Å². The van der Waals surface area contributed by atoms with Crippen LogP contribution >= 0.6 is 12.2 Å². The third-order valence-corrected chi connectivity index (χ3v) is 4.89. The highest BCUT2D eigenvalue weighted by Gasteiger charge is 2.08. The molecule has 0 bridgehead atoms. The Labute approximate surface area is 143 Å². The average Bonchev–Trinajstić information content (AvgIpc) is 2.59. The first-order valence-corrected chi connectivity index (χ1v) is 8.93. The van der Waals surface area contributed by atoms with Gasteiger partial charge in [0.1, 0.15) is 5.41 Å². The van der Waals surface area contributed by atoms with Crippen LogP contribution in [0.1, 0.15) is 6.42 Å². The Hall–Kier alpha value is -1.97. The van der Waals surface area contributed by atoms with Crippen LogP contribution in [0.3, 0.4) is 0 Å². The lowest BCUT2D eigenvalue weighted by Crippen LogP contribution is -1.96. The van der Waals surface area contributed by atoms with E-state index >= 15 is 0 Å². The van der Waals surface area contributed by atoms with Gasteiger partial charge in [-0.25, -0.2) is 4.99 Å². The molecular weight excluding hydrogens is 322 g/mol. The van der Waals surface area contributed by atoms with E-state index in [4.69, 9.17) is 0 Å². The summed E-state index contributed by atoms with van der Waals surface area (Å²) in [6.07, 6.45) is 2.59. The van der Waals surface area contributed by atoms with Gasteiger partial charge in [-0.05, 0) is 70.5 Å². The number of benzene rings is 3. The van der Waals surface area contributed by atoms with Gasteiger partial charge in [-0.3, -0.25) is 0 Å². The molecule has 0 heterocycles. The summed E-state index contributed by atoms with van der Waals surface area (Å²) in [7, 11) is 0. The molecule has 23 heavy (non-hydrogen) atoms. The van der Waals surface area contributed by atoms with Crippen molar-refractivity contribution < 1.29 is 4.55 Å². The van der Waals surface area contributed by atoms with Crippen LogP contribution in [0.25, 0.3) is 21.5 Å². The summed E-state index contributed by atoms with van der Waals surface area (Å²) in [5.41, 5.74) is 0. The summed E-state index contributed by atoms with van der Waals surface area (Å²) >= 11 is 3.36. The number of hydrogen-bond acceptors (Lipinski definition) is 3. The van der Waals surface area contributed by atoms with Gasteiger partial charge in [0.2, 0.25) is 0 Å². The first-order valence-electron chi connectivity index (χ1n) is 7.31. The first kappa shape index (κ1) is 15.9. The topological polar surface area (TPSA) is 35.4 Å². The van der Waals surface area contributed by atoms with Crippen molar-refractivity contribution >= 4 is 50.1 Å². The molecule has 0 aromatic heterocycles. The predicted molar refractivity (Wildman–Crippen MR) is 102 cm³/mol. The lowest BCUT2D eigenvalue weighted by atomic mass is 10.0. The normalized spacial score (nSPS) is 12.6. The zero-order chi connectivity index (χ0) is 16.1. The molecule has 2 nitrogen and oxygen atoms in total. The molecular formula is C19H15NOS2. The van der Waals surface area contributed by atoms with Crippen LogP contribution in [0.2, 0.25) is 0 Å². The predicted octanol–water partition coefficient (Wildman–Crippen LogP) is 5.11. The molecule has 0 aliphatic rings. The molecule has 3 aromatic rings. The Morgan fingerprint density at radius 1 is 1.00 bits per heavy atom. The second-order valence-electron chi connectivity index (χ2n) is 5.14. The summed E-state index contributed by atoms with van der Waals surface area (Å²) in [5.74, 6) is 0. The number of nitrogens with zero attached hydrogens (tertiary/aromatic N) is 1. The van der Waals surface area contributed by atoms with E-state index in [9.17, 15) is 4.55 Å². The molecule has 0 saturated carbocycles. The lowest BCUT2D eigenvalue weighted by Gasteiger charge is -2.07. The fraction of sp³-hybridized carbons (Fsp3) is 0.105. The maximum absolute atomic E-state index is 12.3. The van der Waals surface area contributed by atoms with E-state index in [1.165, 1.54) is 10.8 Å². The van der Waals surface area contributed by atoms with Gasteiger partial charge < -0.3 is 4.55 Å². The molecule has 4 heteroatoms. The standard InChI is InChI=1S/C19H15NOS2/c21-23(10-4-3-9-20-14-22)19-8-7-17-11-15-5-1-2-6-16(15)12-18(17)13-19/h1-2,4-8,10-13H,3,9H2. The SMILES string of the molecule is [O-][S+](C=CCCN=C=S)c1ccc2cc3ccccc3cc2c1. The largest absolute Gasteiger partial charge is 0.607 e. The van der Waals surface area contributed by atoms with Crippen LogP contribution in [-0.2, 0) is 11.2 Å². The number of aliphatic imine (C=N–C) groups is 1. The van der Waals surface area contributed by atoms with Gasteiger partial charge in [0.25, 0.3) is 0 Å². The molecule has 114 valence electrons. The van der Waals surface area contributed by atoms with Crippen LogP contribution in [0.5, 0.6) is 0 Å². The van der Waals surface area contributed by atoms with Crippen LogP contribution in [0.15, 0.2) is 76.0 Å². The molecule has 1 unspecified atom stereocenters. The van der Waals surface area contributed by atoms with Crippen molar-refractivity contribution in [1.29, 1.82) is 0 Å². The molecule has 0 saturated heterocycles. The van der Waals surface area contributed by atoms with E-state index in [-0.39, 0.29) is 0 Å². The van der Waals surface area contributed by atoms with Gasteiger partial charge in [-0.2, -0.15) is 0 Å². The molecule has 0 fully saturated rings. The highest BCUT2D eigenvalue weighted by atomic mass is 32.2. The minimum Gasteiger partial charge on any atom is -0.607 e. The van der Waals surface area contributed by atoms with Crippen molar-refractivity contribution in [1.82, 2.24) is 0 Å². The molecule has 0 radical (unpaired) electrons. The van der Waals surface area contributed by atoms with Gasteiger partial charge >= 0.3 is 0 Å². The Balaban J connectivity index is 1.86. The Morgan fingerprint density at radius 2 is 1.70 bits per heavy atom. The molecule has 3 aromatic carbocycles. The van der Waals surface area contributed by atoms with Crippen molar-refractivity contribution in [3.63, 3.8) is 0 Å². The minimum absolute atomic E-state index is 0.584. The van der Waals surface area contributed by atoms with E-state index in [2.05, 4.69) is 46.6 Å². The first-order chi connectivity index (χ1) is 11.3. The zero-order valence-corrected chi connectivity index (χ0v) is 14.1. The fourth-order valence-corrected chi connectivity index (χ4v) is 3.47. The van der Waals surface area contributed by atoms with Crippen molar-refractivity contribution in [3.8, 4) is 0 Å². The third-order valence-electron chi connectivity index (χ3n) is 3.60. The maximum Gasteiger partial charge on any atom is 0.158 e.